The van der Waals surface area contributed by atoms with Crippen molar-refractivity contribution in [2.24, 2.45) is 0 Å². The monoisotopic (exact) mass is 567 g/mol. The van der Waals surface area contributed by atoms with Gasteiger partial charge in [-0.25, -0.2) is 4.98 Å². The summed E-state index contributed by atoms with van der Waals surface area (Å²) in [5, 5.41) is 1.30. The fourth-order valence-electron chi connectivity index (χ4n) is 4.08. The number of hydrogen-bond donors (Lipinski definition) is 0. The molecule has 3 aromatic rings. The smallest absolute Gasteiger partial charge is 0.252 e. The van der Waals surface area contributed by atoms with Gasteiger partial charge in [0.15, 0.2) is 16.6 Å². The number of aryl methyl sites for hydroxylation is 1. The summed E-state index contributed by atoms with van der Waals surface area (Å²) in [4.78, 5) is 22.3. The molecular formula is C26H31Cl2N3O5S. The molecule has 1 aliphatic heterocycles. The average molecular weight is 569 g/mol. The topological polar surface area (TPSA) is 73.4 Å². The van der Waals surface area contributed by atoms with E-state index in [-0.39, 0.29) is 18.3 Å². The molecule has 2 aromatic carbocycles. The molecule has 8 nitrogen and oxygen atoms in total. The van der Waals surface area contributed by atoms with E-state index in [4.69, 9.17) is 35.5 Å². The Hall–Kier alpha value is -2.56. The number of rotatable bonds is 9. The quantitative estimate of drug-likeness (QED) is 0.333. The molecule has 1 amide bonds. The summed E-state index contributed by atoms with van der Waals surface area (Å²) in [5.41, 5.74) is 2.59. The van der Waals surface area contributed by atoms with Gasteiger partial charge in [0, 0.05) is 37.3 Å². The SMILES string of the molecule is COc1cc(C=CC(=O)N(CCN2CCOCC2)c2nc3c(C)cc(Cl)cc3s2)cc(OC)c1OC.Cl. The van der Waals surface area contributed by atoms with E-state index in [0.717, 1.165) is 41.0 Å². The Bertz CT molecular complexity index is 1240. The van der Waals surface area contributed by atoms with Gasteiger partial charge in [-0.05, 0) is 48.4 Å². The van der Waals surface area contributed by atoms with Crippen LogP contribution in [-0.2, 0) is 9.53 Å². The zero-order chi connectivity index (χ0) is 25.7. The maximum Gasteiger partial charge on any atom is 0.252 e. The van der Waals surface area contributed by atoms with Gasteiger partial charge >= 0.3 is 0 Å². The van der Waals surface area contributed by atoms with Gasteiger partial charge in [-0.1, -0.05) is 22.9 Å². The number of amides is 1. The van der Waals surface area contributed by atoms with Crippen LogP contribution in [0.2, 0.25) is 5.02 Å². The van der Waals surface area contributed by atoms with Crippen molar-refractivity contribution in [2.45, 2.75) is 6.92 Å². The lowest BCUT2D eigenvalue weighted by Crippen LogP contribution is -2.42. The van der Waals surface area contributed by atoms with Gasteiger partial charge in [-0.2, -0.15) is 0 Å². The van der Waals surface area contributed by atoms with Gasteiger partial charge in [0.1, 0.15) is 0 Å². The van der Waals surface area contributed by atoms with Gasteiger partial charge in [-0.15, -0.1) is 12.4 Å². The van der Waals surface area contributed by atoms with Gasteiger partial charge in [-0.3, -0.25) is 14.6 Å². The molecule has 11 heteroatoms. The van der Waals surface area contributed by atoms with Crippen LogP contribution in [0.25, 0.3) is 16.3 Å². The van der Waals surface area contributed by atoms with E-state index in [2.05, 4.69) is 4.90 Å². The molecule has 0 saturated carbocycles. The van der Waals surface area contributed by atoms with Gasteiger partial charge in [0.2, 0.25) is 5.75 Å². The largest absolute Gasteiger partial charge is 0.493 e. The summed E-state index contributed by atoms with van der Waals surface area (Å²) in [7, 11) is 4.67. The van der Waals surface area contributed by atoms with Crippen molar-refractivity contribution in [3.8, 4) is 17.2 Å². The first-order chi connectivity index (χ1) is 17.4. The Kier molecular flexibility index (Phi) is 10.4. The number of aromatic nitrogens is 1. The predicted octanol–water partition coefficient (Wildman–Crippen LogP) is 5.08. The van der Waals surface area contributed by atoms with Gasteiger partial charge in [0.05, 0.1) is 44.8 Å². The standard InChI is InChI=1S/C26H30ClN3O5S.ClH/c1-17-13-19(27)16-22-24(17)28-26(36-22)30(8-7-29-9-11-35-12-10-29)23(31)6-5-18-14-20(32-2)25(34-4)21(15-18)33-3;/h5-6,13-16H,7-12H2,1-4H3;1H. The van der Waals surface area contributed by atoms with Crippen LogP contribution in [-0.4, -0.2) is 76.5 Å². The Labute approximate surface area is 232 Å². The number of ether oxygens (including phenoxy) is 4. The number of anilines is 1. The molecular weight excluding hydrogens is 537 g/mol. The number of nitrogens with zero attached hydrogens (tertiary/aromatic N) is 3. The van der Waals surface area contributed by atoms with E-state index in [1.54, 1.807) is 50.5 Å². The first-order valence-electron chi connectivity index (χ1n) is 11.6. The maximum atomic E-state index is 13.5. The number of fused-ring (bicyclic) bond motifs is 1. The third-order valence-corrected chi connectivity index (χ3v) is 7.23. The van der Waals surface area contributed by atoms with E-state index in [1.807, 2.05) is 19.1 Å². The van der Waals surface area contributed by atoms with E-state index in [0.29, 0.717) is 47.2 Å². The summed E-state index contributed by atoms with van der Waals surface area (Å²) in [6.45, 7) is 6.30. The minimum atomic E-state index is -0.167. The molecule has 0 atom stereocenters. The van der Waals surface area contributed by atoms with Crippen LogP contribution in [0.15, 0.2) is 30.3 Å². The van der Waals surface area contributed by atoms with Crippen LogP contribution in [0.4, 0.5) is 5.13 Å². The Morgan fingerprint density at radius 2 is 1.81 bits per heavy atom. The minimum absolute atomic E-state index is 0. The first kappa shape index (κ1) is 29.0. The highest BCUT2D eigenvalue weighted by atomic mass is 35.5. The molecule has 2 heterocycles. The summed E-state index contributed by atoms with van der Waals surface area (Å²) in [6, 6.07) is 7.37. The fourth-order valence-corrected chi connectivity index (χ4v) is 5.53. The molecule has 0 spiro atoms. The molecule has 4 rings (SSSR count). The lowest BCUT2D eigenvalue weighted by atomic mass is 10.1. The van der Waals surface area contributed by atoms with Crippen LogP contribution in [0, 0.1) is 6.92 Å². The molecule has 0 N–H and O–H groups in total. The van der Waals surface area contributed by atoms with Crippen LogP contribution in [0.1, 0.15) is 11.1 Å². The zero-order valence-corrected chi connectivity index (χ0v) is 23.7. The Morgan fingerprint density at radius 1 is 1.14 bits per heavy atom. The predicted molar refractivity (Wildman–Crippen MR) is 151 cm³/mol. The van der Waals surface area contributed by atoms with E-state index < -0.39 is 0 Å². The molecule has 200 valence electrons. The molecule has 0 radical (unpaired) electrons. The van der Waals surface area contributed by atoms with Crippen molar-refractivity contribution in [1.29, 1.82) is 0 Å². The summed E-state index contributed by atoms with van der Waals surface area (Å²) in [5.74, 6) is 1.37. The van der Waals surface area contributed by atoms with Crippen LogP contribution >= 0.6 is 35.3 Å². The molecule has 0 unspecified atom stereocenters. The molecule has 37 heavy (non-hydrogen) atoms. The number of carbonyl (C=O) groups is 1. The first-order valence-corrected chi connectivity index (χ1v) is 12.8. The van der Waals surface area contributed by atoms with Crippen LogP contribution in [0.5, 0.6) is 17.2 Å². The second-order valence-corrected chi connectivity index (χ2v) is 9.75. The van der Waals surface area contributed by atoms with Crippen molar-refractivity contribution in [2.75, 3.05) is 65.6 Å². The van der Waals surface area contributed by atoms with Crippen molar-refractivity contribution >= 4 is 62.7 Å². The number of carbonyl (C=O) groups excluding carboxylic acids is 1. The van der Waals surface area contributed by atoms with E-state index in [9.17, 15) is 4.79 Å². The fraction of sp³-hybridized carbons (Fsp3) is 0.385. The maximum absolute atomic E-state index is 13.5. The van der Waals surface area contributed by atoms with Gasteiger partial charge < -0.3 is 18.9 Å². The number of hydrogen-bond acceptors (Lipinski definition) is 8. The highest BCUT2D eigenvalue weighted by Crippen LogP contribution is 2.38. The van der Waals surface area contributed by atoms with Crippen molar-refractivity contribution in [3.05, 3.63) is 46.5 Å². The third-order valence-electron chi connectivity index (χ3n) is 5.98. The number of thiazole rings is 1. The third kappa shape index (κ3) is 6.86. The molecule has 1 fully saturated rings. The molecule has 1 aliphatic rings. The second kappa shape index (κ2) is 13.3. The van der Waals surface area contributed by atoms with Crippen molar-refractivity contribution < 1.29 is 23.7 Å². The lowest BCUT2D eigenvalue weighted by molar-refractivity contribution is -0.114. The summed E-state index contributed by atoms with van der Waals surface area (Å²) >= 11 is 7.73. The lowest BCUT2D eigenvalue weighted by Gasteiger charge is -2.28. The van der Waals surface area contributed by atoms with Crippen LogP contribution < -0.4 is 19.1 Å². The normalized spacial score (nSPS) is 14.0. The summed E-state index contributed by atoms with van der Waals surface area (Å²) in [6.07, 6.45) is 3.29. The highest BCUT2D eigenvalue weighted by molar-refractivity contribution is 7.22. The van der Waals surface area contributed by atoms with E-state index in [1.165, 1.54) is 11.3 Å². The Morgan fingerprint density at radius 3 is 2.43 bits per heavy atom. The molecule has 1 aromatic heterocycles. The average Bonchev–Trinajstić information content (AvgIpc) is 3.31. The van der Waals surface area contributed by atoms with E-state index >= 15 is 0 Å². The second-order valence-electron chi connectivity index (χ2n) is 8.30. The van der Waals surface area contributed by atoms with Crippen molar-refractivity contribution in [1.82, 2.24) is 9.88 Å². The van der Waals surface area contributed by atoms with Crippen LogP contribution in [0.3, 0.4) is 0 Å². The van der Waals surface area contributed by atoms with Gasteiger partial charge in [0.25, 0.3) is 5.91 Å². The number of morpholine rings is 1. The minimum Gasteiger partial charge on any atom is -0.493 e. The molecule has 0 aliphatic carbocycles. The zero-order valence-electron chi connectivity index (χ0n) is 21.3. The molecule has 0 bridgehead atoms. The molecule has 1 saturated heterocycles. The number of benzene rings is 2. The number of methoxy groups -OCH3 is 3. The highest BCUT2D eigenvalue weighted by Gasteiger charge is 2.21. The summed E-state index contributed by atoms with van der Waals surface area (Å²) < 4.78 is 22.7. The van der Waals surface area contributed by atoms with Crippen molar-refractivity contribution in [3.63, 3.8) is 0 Å². The number of halogens is 2. The Balaban J connectivity index is 0.00000380.